The van der Waals surface area contributed by atoms with Crippen molar-refractivity contribution >= 4 is 0 Å². The number of aromatic nitrogens is 3. The second-order valence-electron chi connectivity index (χ2n) is 8.26. The molecule has 0 amide bonds. The number of aliphatic hydroxyl groups is 1. The van der Waals surface area contributed by atoms with Crippen molar-refractivity contribution < 1.29 is 9.50 Å². The Morgan fingerprint density at radius 1 is 1.31 bits per heavy atom. The number of hydrogen-bond acceptors (Lipinski definition) is 6. The zero-order valence-corrected chi connectivity index (χ0v) is 18.2. The summed E-state index contributed by atoms with van der Waals surface area (Å²) in [5.41, 5.74) is 1.14. The van der Waals surface area contributed by atoms with Gasteiger partial charge in [0.15, 0.2) is 5.82 Å². The van der Waals surface area contributed by atoms with Gasteiger partial charge in [0.1, 0.15) is 18.1 Å². The van der Waals surface area contributed by atoms with Gasteiger partial charge in [-0.1, -0.05) is 6.07 Å². The van der Waals surface area contributed by atoms with Crippen LogP contribution < -0.4 is 5.56 Å². The third-order valence-electron chi connectivity index (χ3n) is 6.14. The van der Waals surface area contributed by atoms with E-state index in [2.05, 4.69) is 15.0 Å². The van der Waals surface area contributed by atoms with E-state index in [0.717, 1.165) is 19.5 Å². The van der Waals surface area contributed by atoms with Gasteiger partial charge in [-0.3, -0.25) is 14.8 Å². The van der Waals surface area contributed by atoms with Gasteiger partial charge in [0, 0.05) is 37.1 Å². The molecule has 1 fully saturated rings. The Morgan fingerprint density at radius 2 is 2.09 bits per heavy atom. The highest BCUT2D eigenvalue weighted by Crippen LogP contribution is 2.26. The summed E-state index contributed by atoms with van der Waals surface area (Å²) in [6, 6.07) is 8.54. The first-order chi connectivity index (χ1) is 15.3. The number of nitrogens with one attached hydrogen (secondary N) is 1. The lowest BCUT2D eigenvalue weighted by atomic mass is 10.0. The minimum Gasteiger partial charge on any atom is -0.374 e. The lowest BCUT2D eigenvalue weighted by Gasteiger charge is -2.24. The lowest BCUT2D eigenvalue weighted by Crippen LogP contribution is -2.33. The van der Waals surface area contributed by atoms with Crippen molar-refractivity contribution in [2.24, 2.45) is 0 Å². The summed E-state index contributed by atoms with van der Waals surface area (Å²) in [7, 11) is 4.07. The Morgan fingerprint density at radius 3 is 2.72 bits per heavy atom. The molecule has 4 rings (SSSR count). The maximum Gasteiger partial charge on any atom is 0.280 e. The van der Waals surface area contributed by atoms with E-state index >= 15 is 0 Å². The predicted molar refractivity (Wildman–Crippen MR) is 118 cm³/mol. The van der Waals surface area contributed by atoms with Crippen LogP contribution in [0.4, 0.5) is 4.39 Å². The molecule has 166 valence electrons. The van der Waals surface area contributed by atoms with E-state index in [-0.39, 0.29) is 22.2 Å². The third-order valence-corrected chi connectivity index (χ3v) is 6.14. The Kier molecular flexibility index (Phi) is 5.93. The summed E-state index contributed by atoms with van der Waals surface area (Å²) in [6.45, 7) is 3.11. The Hall–Kier alpha value is -3.32. The van der Waals surface area contributed by atoms with Gasteiger partial charge in [-0.15, -0.1) is 0 Å². The molecule has 32 heavy (non-hydrogen) atoms. The second kappa shape index (κ2) is 8.67. The molecule has 0 radical (unpaired) electrons. The molecule has 1 aromatic carbocycles. The van der Waals surface area contributed by atoms with E-state index < -0.39 is 12.0 Å². The van der Waals surface area contributed by atoms with Crippen molar-refractivity contribution in [2.45, 2.75) is 25.6 Å². The molecule has 1 saturated heterocycles. The van der Waals surface area contributed by atoms with E-state index in [0.29, 0.717) is 23.0 Å². The van der Waals surface area contributed by atoms with Gasteiger partial charge < -0.3 is 10.0 Å². The fraction of sp³-hybridized carbons (Fsp3) is 0.348. The van der Waals surface area contributed by atoms with Crippen molar-refractivity contribution in [2.75, 3.05) is 27.2 Å². The summed E-state index contributed by atoms with van der Waals surface area (Å²) < 4.78 is 15.6. The number of benzene rings is 1. The Bertz CT molecular complexity index is 1220. The first kappa shape index (κ1) is 21.9. The lowest BCUT2D eigenvalue weighted by molar-refractivity contribution is 0.0148. The van der Waals surface area contributed by atoms with Gasteiger partial charge >= 0.3 is 0 Å². The number of H-pyrrole nitrogens is 1. The number of hydrogen-bond donors (Lipinski definition) is 2. The zero-order valence-electron chi connectivity index (χ0n) is 18.2. The number of pyridine rings is 1. The van der Waals surface area contributed by atoms with Crippen LogP contribution in [0.3, 0.4) is 0 Å². The van der Waals surface area contributed by atoms with E-state index in [1.54, 1.807) is 30.5 Å². The molecular weight excluding hydrogens is 411 g/mol. The second-order valence-corrected chi connectivity index (χ2v) is 8.26. The first-order valence-electron chi connectivity index (χ1n) is 10.4. The molecule has 0 bridgehead atoms. The summed E-state index contributed by atoms with van der Waals surface area (Å²) in [6.07, 6.45) is 3.28. The number of nitrogens with zero attached hydrogens (tertiary/aromatic N) is 5. The fourth-order valence-corrected chi connectivity index (χ4v) is 4.10. The molecule has 3 heterocycles. The number of aromatic amines is 1. The average molecular weight is 436 g/mol. The van der Waals surface area contributed by atoms with E-state index in [1.807, 2.05) is 19.0 Å². The molecule has 1 unspecified atom stereocenters. The topological polar surface area (TPSA) is 101 Å². The minimum absolute atomic E-state index is 0.0622. The average Bonchev–Trinajstić information content (AvgIpc) is 3.43. The van der Waals surface area contributed by atoms with Crippen LogP contribution in [0.15, 0.2) is 41.5 Å². The normalized spacial score (nSPS) is 17.6. The number of halogens is 1. The van der Waals surface area contributed by atoms with Crippen molar-refractivity contribution in [3.8, 4) is 23.0 Å². The number of rotatable bonds is 5. The summed E-state index contributed by atoms with van der Waals surface area (Å²) in [4.78, 5) is 21.5. The molecule has 0 aliphatic carbocycles. The number of nitriles is 1. The van der Waals surface area contributed by atoms with E-state index in [1.165, 1.54) is 23.9 Å². The van der Waals surface area contributed by atoms with Crippen LogP contribution in [0, 0.1) is 24.1 Å². The van der Waals surface area contributed by atoms with Gasteiger partial charge in [0.25, 0.3) is 5.56 Å². The fourth-order valence-electron chi connectivity index (χ4n) is 4.10. The molecule has 8 nitrogen and oxygen atoms in total. The molecule has 0 saturated carbocycles. The molecule has 1 aliphatic heterocycles. The van der Waals surface area contributed by atoms with Crippen molar-refractivity contribution in [3.63, 3.8) is 0 Å². The van der Waals surface area contributed by atoms with Crippen LogP contribution in [0.5, 0.6) is 0 Å². The van der Waals surface area contributed by atoms with E-state index in [4.69, 9.17) is 5.26 Å². The largest absolute Gasteiger partial charge is 0.374 e. The standard InChI is InChI=1S/C23H25FN6O2/c1-14-18(6-4-15(10-25)21(14)24)19-12-27-30(23(19)32)20-7-5-16(11-26-20)22(31)29-9-8-17(13-29)28(2)3/h4-7,11-12,17,22,27,31H,8-9,13H2,1-3H3/t17-,22?/m0/s1. The van der Waals surface area contributed by atoms with E-state index in [9.17, 15) is 14.3 Å². The Balaban J connectivity index is 1.58. The minimum atomic E-state index is -0.762. The smallest absolute Gasteiger partial charge is 0.280 e. The summed E-state index contributed by atoms with van der Waals surface area (Å²) in [5, 5.41) is 22.6. The molecule has 2 atom stereocenters. The number of aliphatic hydroxyl groups excluding tert-OH is 1. The van der Waals surface area contributed by atoms with Crippen molar-refractivity contribution in [1.82, 2.24) is 24.6 Å². The van der Waals surface area contributed by atoms with Gasteiger partial charge in [0.2, 0.25) is 0 Å². The zero-order chi connectivity index (χ0) is 23.0. The van der Waals surface area contributed by atoms with Crippen molar-refractivity contribution in [1.29, 1.82) is 5.26 Å². The monoisotopic (exact) mass is 436 g/mol. The van der Waals surface area contributed by atoms with Crippen LogP contribution in [0.25, 0.3) is 16.9 Å². The SMILES string of the molecule is Cc1c(-c2c[nH]n(-c3ccc(C(O)N4CC[C@H](N(C)C)C4)cn3)c2=O)ccc(C#N)c1F. The number of likely N-dealkylation sites (N-methyl/N-ethyl adjacent to an activating group) is 1. The molecule has 9 heteroatoms. The highest BCUT2D eigenvalue weighted by molar-refractivity contribution is 5.67. The highest BCUT2D eigenvalue weighted by Gasteiger charge is 2.29. The molecule has 0 spiro atoms. The summed E-state index contributed by atoms with van der Waals surface area (Å²) >= 11 is 0. The first-order valence-corrected chi connectivity index (χ1v) is 10.4. The van der Waals surface area contributed by atoms with Crippen LogP contribution in [-0.4, -0.2) is 62.9 Å². The van der Waals surface area contributed by atoms with Gasteiger partial charge in [-0.05, 0) is 56.8 Å². The molecule has 2 N–H and O–H groups in total. The van der Waals surface area contributed by atoms with Gasteiger partial charge in [-0.2, -0.15) is 5.26 Å². The van der Waals surface area contributed by atoms with Gasteiger partial charge in [0.05, 0.1) is 11.1 Å². The quantitative estimate of drug-likeness (QED) is 0.636. The van der Waals surface area contributed by atoms with Gasteiger partial charge in [-0.25, -0.2) is 14.1 Å². The molecular formula is C23H25FN6O2. The maximum atomic E-state index is 14.3. The van der Waals surface area contributed by atoms with Crippen molar-refractivity contribution in [3.05, 3.63) is 69.5 Å². The third kappa shape index (κ3) is 3.84. The van der Waals surface area contributed by atoms with Crippen LogP contribution in [0.2, 0.25) is 0 Å². The van der Waals surface area contributed by atoms with Crippen LogP contribution in [-0.2, 0) is 0 Å². The number of likely N-dealkylation sites (tertiary alicyclic amines) is 1. The molecule has 3 aromatic rings. The maximum absolute atomic E-state index is 14.3. The van der Waals surface area contributed by atoms with Crippen LogP contribution in [0.1, 0.15) is 29.3 Å². The Labute approximate surface area is 185 Å². The highest BCUT2D eigenvalue weighted by atomic mass is 19.1. The summed E-state index contributed by atoms with van der Waals surface area (Å²) in [5.74, 6) is -0.274. The predicted octanol–water partition coefficient (Wildman–Crippen LogP) is 2.17. The molecule has 1 aliphatic rings. The molecule has 2 aromatic heterocycles. The van der Waals surface area contributed by atoms with Crippen LogP contribution >= 0.6 is 0 Å².